The standard InChI is InChI=1S/C2H2N2OS/c3-1-5-2(4)6/h(H2,4,6). The van der Waals surface area contributed by atoms with Gasteiger partial charge in [0.25, 0.3) is 11.4 Å². The lowest BCUT2D eigenvalue weighted by Gasteiger charge is -1.80. The van der Waals surface area contributed by atoms with E-state index in [0.717, 1.165) is 0 Å². The summed E-state index contributed by atoms with van der Waals surface area (Å²) < 4.78 is 3.86. The van der Waals surface area contributed by atoms with Crippen LogP contribution in [0, 0.1) is 11.5 Å². The van der Waals surface area contributed by atoms with Crippen LogP contribution in [0.1, 0.15) is 0 Å². The van der Waals surface area contributed by atoms with Crippen LogP contribution in [0.3, 0.4) is 0 Å². The first kappa shape index (κ1) is 5.18. The first-order valence-corrected chi connectivity index (χ1v) is 1.53. The Morgan fingerprint density at radius 3 is 2.50 bits per heavy atom. The van der Waals surface area contributed by atoms with Crippen molar-refractivity contribution < 1.29 is 4.74 Å². The van der Waals surface area contributed by atoms with Crippen LogP contribution in [-0.4, -0.2) is 5.17 Å². The smallest absolute Gasteiger partial charge is 0.294 e. The second-order valence-electron chi connectivity index (χ2n) is 0.512. The highest BCUT2D eigenvalue weighted by Gasteiger charge is 1.77. The summed E-state index contributed by atoms with van der Waals surface area (Å²) in [6, 6.07) is 0. The first-order valence-electron chi connectivity index (χ1n) is 1.12. The monoisotopic (exact) mass is 102 g/mol. The molecule has 0 aliphatic carbocycles. The second-order valence-corrected chi connectivity index (χ2v) is 0.915. The van der Waals surface area contributed by atoms with Crippen LogP contribution in [0.15, 0.2) is 0 Å². The Bertz CT molecular complexity index is 94.2. The van der Waals surface area contributed by atoms with E-state index in [2.05, 4.69) is 22.7 Å². The molecule has 4 heteroatoms. The highest BCUT2D eigenvalue weighted by Crippen LogP contribution is 1.63. The molecule has 0 amide bonds. The zero-order valence-electron chi connectivity index (χ0n) is 2.84. The van der Waals surface area contributed by atoms with Gasteiger partial charge in [0.1, 0.15) is 0 Å². The van der Waals surface area contributed by atoms with Crippen LogP contribution < -0.4 is 5.73 Å². The third-order valence-corrected chi connectivity index (χ3v) is 0.230. The topological polar surface area (TPSA) is 59.0 Å². The van der Waals surface area contributed by atoms with Gasteiger partial charge >= 0.3 is 0 Å². The molecule has 0 atom stereocenters. The van der Waals surface area contributed by atoms with Gasteiger partial charge in [-0.1, -0.05) is 0 Å². The Morgan fingerprint density at radius 1 is 2.00 bits per heavy atom. The van der Waals surface area contributed by atoms with Crippen LogP contribution in [0.2, 0.25) is 0 Å². The van der Waals surface area contributed by atoms with Gasteiger partial charge in [-0.3, -0.25) is 0 Å². The maximum atomic E-state index is 7.60. The van der Waals surface area contributed by atoms with E-state index in [1.54, 1.807) is 0 Å². The predicted octanol–water partition coefficient (Wildman–Crippen LogP) is -0.272. The van der Waals surface area contributed by atoms with E-state index < -0.39 is 0 Å². The molecule has 0 aromatic rings. The number of nitriles is 1. The average molecular weight is 102 g/mol. The van der Waals surface area contributed by atoms with Gasteiger partial charge in [0.05, 0.1) is 0 Å². The predicted molar refractivity (Wildman–Crippen MR) is 23.5 cm³/mol. The number of ether oxygens (including phenoxy) is 1. The molecule has 0 aromatic heterocycles. The van der Waals surface area contributed by atoms with Gasteiger partial charge in [0.2, 0.25) is 0 Å². The van der Waals surface area contributed by atoms with Crippen molar-refractivity contribution in [3.05, 3.63) is 0 Å². The fourth-order valence-corrected chi connectivity index (χ4v) is 0.0823. The highest BCUT2D eigenvalue weighted by molar-refractivity contribution is 7.80. The molecule has 0 aromatic carbocycles. The van der Waals surface area contributed by atoms with Gasteiger partial charge in [-0.2, -0.15) is 0 Å². The van der Waals surface area contributed by atoms with Crippen LogP contribution in [-0.2, 0) is 4.74 Å². The number of nitrogens with zero attached hydrogens (tertiary/aromatic N) is 1. The number of hydrogen-bond donors (Lipinski definition) is 1. The molecule has 0 spiro atoms. The molecule has 0 fully saturated rings. The Hall–Kier alpha value is -0.820. The molecular formula is C2H2N2OS. The molecule has 0 aliphatic rings. The van der Waals surface area contributed by atoms with Crippen molar-refractivity contribution in [2.24, 2.45) is 5.73 Å². The van der Waals surface area contributed by atoms with Gasteiger partial charge in [-0.15, -0.1) is 5.26 Å². The second kappa shape index (κ2) is 2.42. The van der Waals surface area contributed by atoms with Crippen molar-refractivity contribution in [1.82, 2.24) is 0 Å². The lowest BCUT2D eigenvalue weighted by molar-refractivity contribution is 0.505. The summed E-state index contributed by atoms with van der Waals surface area (Å²) in [4.78, 5) is 0. The molecule has 0 bridgehead atoms. The molecule has 32 valence electrons. The van der Waals surface area contributed by atoms with Crippen molar-refractivity contribution in [1.29, 1.82) is 5.26 Å². The summed E-state index contributed by atoms with van der Waals surface area (Å²) in [7, 11) is 0. The zero-order valence-corrected chi connectivity index (χ0v) is 3.66. The Labute approximate surface area is 40.3 Å². The van der Waals surface area contributed by atoms with Gasteiger partial charge in [0, 0.05) is 0 Å². The molecule has 0 saturated heterocycles. The maximum absolute atomic E-state index is 7.60. The molecule has 0 saturated carbocycles. The molecule has 0 unspecified atom stereocenters. The summed E-state index contributed by atoms with van der Waals surface area (Å²) in [5.74, 6) is 0. The minimum absolute atomic E-state index is 0.238. The SMILES string of the molecule is N#COC(N)=S. The van der Waals surface area contributed by atoms with E-state index in [1.807, 2.05) is 0 Å². The molecule has 0 radical (unpaired) electrons. The molecule has 2 N–H and O–H groups in total. The van der Waals surface area contributed by atoms with Crippen molar-refractivity contribution in [2.45, 2.75) is 0 Å². The highest BCUT2D eigenvalue weighted by atomic mass is 32.1. The fraction of sp³-hybridized carbons (Fsp3) is 0. The summed E-state index contributed by atoms with van der Waals surface area (Å²) in [6.45, 7) is 0. The molecule has 0 heterocycles. The van der Waals surface area contributed by atoms with Crippen molar-refractivity contribution in [3.63, 3.8) is 0 Å². The Balaban J connectivity index is 3.13. The van der Waals surface area contributed by atoms with E-state index >= 15 is 0 Å². The van der Waals surface area contributed by atoms with E-state index in [1.165, 1.54) is 6.26 Å². The molecular weight excluding hydrogens is 100 g/mol. The van der Waals surface area contributed by atoms with E-state index in [4.69, 9.17) is 5.26 Å². The molecule has 6 heavy (non-hydrogen) atoms. The lowest BCUT2D eigenvalue weighted by Crippen LogP contribution is -2.08. The number of rotatable bonds is 0. The van der Waals surface area contributed by atoms with Gasteiger partial charge < -0.3 is 10.5 Å². The number of thiocarbonyl (C=S) groups is 1. The molecule has 0 rings (SSSR count). The summed E-state index contributed by atoms with van der Waals surface area (Å²) in [5.41, 5.74) is 4.69. The van der Waals surface area contributed by atoms with E-state index in [-0.39, 0.29) is 5.17 Å². The van der Waals surface area contributed by atoms with E-state index in [9.17, 15) is 0 Å². The van der Waals surface area contributed by atoms with Gasteiger partial charge in [-0.05, 0) is 12.2 Å². The molecule has 3 nitrogen and oxygen atoms in total. The minimum atomic E-state index is -0.238. The number of nitrogens with two attached hydrogens (primary N) is 1. The van der Waals surface area contributed by atoms with Crippen molar-refractivity contribution >= 4 is 17.4 Å². The van der Waals surface area contributed by atoms with Gasteiger partial charge in [-0.25, -0.2) is 0 Å². The van der Waals surface area contributed by atoms with Crippen molar-refractivity contribution in [2.75, 3.05) is 0 Å². The average Bonchev–Trinajstić information content (AvgIpc) is 1.35. The Morgan fingerprint density at radius 2 is 2.50 bits per heavy atom. The zero-order chi connectivity index (χ0) is 4.99. The summed E-state index contributed by atoms with van der Waals surface area (Å²) in [5, 5.41) is 7.36. The van der Waals surface area contributed by atoms with Crippen LogP contribution in [0.25, 0.3) is 0 Å². The first-order chi connectivity index (χ1) is 2.77. The van der Waals surface area contributed by atoms with Crippen LogP contribution in [0.4, 0.5) is 0 Å². The quantitative estimate of drug-likeness (QED) is 0.338. The Kier molecular flexibility index (Phi) is 2.09. The van der Waals surface area contributed by atoms with Crippen molar-refractivity contribution in [3.8, 4) is 6.26 Å². The lowest BCUT2D eigenvalue weighted by atomic mass is 11.3. The van der Waals surface area contributed by atoms with Crippen LogP contribution >= 0.6 is 12.2 Å². The number of hydrogen-bond acceptors (Lipinski definition) is 3. The largest absolute Gasteiger partial charge is 0.359 e. The summed E-state index contributed by atoms with van der Waals surface area (Å²) in [6.07, 6.45) is 1.30. The van der Waals surface area contributed by atoms with Gasteiger partial charge in [0.15, 0.2) is 0 Å². The fourth-order valence-electron chi connectivity index (χ4n) is 0.0450. The summed E-state index contributed by atoms with van der Waals surface area (Å²) >= 11 is 4.13. The van der Waals surface area contributed by atoms with Crippen LogP contribution in [0.5, 0.6) is 0 Å². The normalized spacial score (nSPS) is 5.83. The third-order valence-electron chi connectivity index (χ3n) is 0.146. The maximum Gasteiger partial charge on any atom is 0.294 e. The third kappa shape index (κ3) is 3.18. The van der Waals surface area contributed by atoms with E-state index in [0.29, 0.717) is 0 Å². The molecule has 0 aliphatic heterocycles. The minimum Gasteiger partial charge on any atom is -0.359 e.